The number of fused-ring (bicyclic) bond motifs is 3. The van der Waals surface area contributed by atoms with Crippen molar-refractivity contribution < 1.29 is 22.8 Å². The van der Waals surface area contributed by atoms with Gasteiger partial charge in [-0.1, -0.05) is 17.7 Å². The van der Waals surface area contributed by atoms with E-state index in [1.165, 1.54) is 16.7 Å². The molecular formula is C21H13ClF3N3O2. The number of nitriles is 1. The van der Waals surface area contributed by atoms with Crippen molar-refractivity contribution in [3.63, 3.8) is 0 Å². The van der Waals surface area contributed by atoms with Gasteiger partial charge < -0.3 is 4.90 Å². The molecule has 0 radical (unpaired) electrons. The first-order chi connectivity index (χ1) is 14.2. The second-order valence-electron chi connectivity index (χ2n) is 6.89. The van der Waals surface area contributed by atoms with Crippen molar-refractivity contribution in [3.05, 3.63) is 69.9 Å². The fourth-order valence-electron chi connectivity index (χ4n) is 3.77. The van der Waals surface area contributed by atoms with Crippen molar-refractivity contribution in [1.82, 2.24) is 9.47 Å². The Labute approximate surface area is 173 Å². The molecule has 0 saturated heterocycles. The molecule has 0 saturated carbocycles. The molecule has 2 aromatic carbocycles. The van der Waals surface area contributed by atoms with Crippen molar-refractivity contribution in [3.8, 4) is 6.07 Å². The Morgan fingerprint density at radius 1 is 1.13 bits per heavy atom. The number of aromatic nitrogens is 1. The maximum atomic E-state index is 13.3. The molecule has 1 aliphatic rings. The molecule has 0 fully saturated rings. The van der Waals surface area contributed by atoms with Gasteiger partial charge in [-0.2, -0.15) is 18.4 Å². The first-order valence-corrected chi connectivity index (χ1v) is 9.31. The van der Waals surface area contributed by atoms with Gasteiger partial charge in [-0.15, -0.1) is 0 Å². The van der Waals surface area contributed by atoms with E-state index in [-0.39, 0.29) is 30.6 Å². The van der Waals surface area contributed by atoms with Crippen molar-refractivity contribution in [2.24, 2.45) is 0 Å². The highest BCUT2D eigenvalue weighted by Gasteiger charge is 2.44. The van der Waals surface area contributed by atoms with E-state index >= 15 is 0 Å². The Hall–Kier alpha value is -3.31. The number of carbonyl (C=O) groups is 2. The second-order valence-corrected chi connectivity index (χ2v) is 7.33. The molecule has 0 spiro atoms. The summed E-state index contributed by atoms with van der Waals surface area (Å²) in [6.45, 7) is -0.473. The predicted octanol–water partition coefficient (Wildman–Crippen LogP) is 4.30. The SMILES string of the molecule is N#Cc1cccc(C(=O)n2c3c(c4cc(Cl)ccc42)CCN(C(=O)C(F)(F)F)C3)c1. The lowest BCUT2D eigenvalue weighted by Crippen LogP contribution is -2.44. The van der Waals surface area contributed by atoms with Crippen LogP contribution in [0.3, 0.4) is 0 Å². The van der Waals surface area contributed by atoms with Crippen molar-refractivity contribution >= 4 is 34.3 Å². The Morgan fingerprint density at radius 3 is 2.60 bits per heavy atom. The molecule has 2 heterocycles. The topological polar surface area (TPSA) is 66.1 Å². The summed E-state index contributed by atoms with van der Waals surface area (Å²) in [5.74, 6) is -2.44. The number of amides is 1. The Kier molecular flexibility index (Phi) is 4.79. The van der Waals surface area contributed by atoms with Crippen LogP contribution >= 0.6 is 11.6 Å². The zero-order chi connectivity index (χ0) is 21.6. The van der Waals surface area contributed by atoms with E-state index < -0.39 is 18.0 Å². The molecular weight excluding hydrogens is 419 g/mol. The molecule has 1 aliphatic heterocycles. The monoisotopic (exact) mass is 431 g/mol. The smallest absolute Gasteiger partial charge is 0.329 e. The van der Waals surface area contributed by atoms with Gasteiger partial charge in [0.1, 0.15) is 0 Å². The highest BCUT2D eigenvalue weighted by molar-refractivity contribution is 6.31. The quantitative estimate of drug-likeness (QED) is 0.577. The summed E-state index contributed by atoms with van der Waals surface area (Å²) < 4.78 is 40.2. The summed E-state index contributed by atoms with van der Waals surface area (Å²) in [6.07, 6.45) is -4.84. The lowest BCUT2D eigenvalue weighted by Gasteiger charge is -2.28. The normalized spacial score (nSPS) is 13.8. The third-order valence-electron chi connectivity index (χ3n) is 5.09. The molecule has 1 amide bonds. The average molecular weight is 432 g/mol. The van der Waals surface area contributed by atoms with Gasteiger partial charge in [0.25, 0.3) is 5.91 Å². The maximum Gasteiger partial charge on any atom is 0.471 e. The van der Waals surface area contributed by atoms with E-state index in [0.717, 1.165) is 0 Å². The molecule has 30 heavy (non-hydrogen) atoms. The molecule has 5 nitrogen and oxygen atoms in total. The number of benzene rings is 2. The van der Waals surface area contributed by atoms with Crippen LogP contribution in [0.25, 0.3) is 10.9 Å². The first-order valence-electron chi connectivity index (χ1n) is 8.93. The number of alkyl halides is 3. The van der Waals surface area contributed by atoms with Crippen LogP contribution in [0.15, 0.2) is 42.5 Å². The number of carbonyl (C=O) groups excluding carboxylic acids is 2. The molecule has 0 N–H and O–H groups in total. The zero-order valence-corrected chi connectivity index (χ0v) is 16.1. The second kappa shape index (κ2) is 7.18. The highest BCUT2D eigenvalue weighted by atomic mass is 35.5. The molecule has 4 rings (SSSR count). The van der Waals surface area contributed by atoms with Gasteiger partial charge in [-0.25, -0.2) is 0 Å². The molecule has 1 aromatic heterocycles. The van der Waals surface area contributed by atoms with E-state index in [2.05, 4.69) is 0 Å². The van der Waals surface area contributed by atoms with E-state index in [1.54, 1.807) is 30.3 Å². The number of hydrogen-bond acceptors (Lipinski definition) is 3. The van der Waals surface area contributed by atoms with Gasteiger partial charge in [0.2, 0.25) is 0 Å². The molecule has 152 valence electrons. The van der Waals surface area contributed by atoms with Gasteiger partial charge in [0, 0.05) is 28.2 Å². The minimum Gasteiger partial charge on any atom is -0.329 e. The summed E-state index contributed by atoms with van der Waals surface area (Å²) in [4.78, 5) is 25.8. The standard InChI is InChI=1S/C21H13ClF3N3O2/c22-14-4-5-17-16(9-14)15-6-7-27(20(30)21(23,24)25)11-18(15)28(17)19(29)13-3-1-2-12(8-13)10-26/h1-5,8-9H,6-7,11H2. The summed E-state index contributed by atoms with van der Waals surface area (Å²) in [5, 5.41) is 10.2. The van der Waals surface area contributed by atoms with Crippen LogP contribution < -0.4 is 0 Å². The molecule has 0 aliphatic carbocycles. The zero-order valence-electron chi connectivity index (χ0n) is 15.3. The minimum absolute atomic E-state index is 0.116. The van der Waals surface area contributed by atoms with Crippen LogP contribution in [-0.2, 0) is 17.8 Å². The van der Waals surface area contributed by atoms with Crippen LogP contribution in [0.1, 0.15) is 27.2 Å². The first kappa shape index (κ1) is 20.0. The number of rotatable bonds is 1. The van der Waals surface area contributed by atoms with Crippen molar-refractivity contribution in [2.45, 2.75) is 19.1 Å². The van der Waals surface area contributed by atoms with Crippen LogP contribution in [0.4, 0.5) is 13.2 Å². The Balaban J connectivity index is 1.89. The fraction of sp³-hybridized carbons (Fsp3) is 0.190. The van der Waals surface area contributed by atoms with Gasteiger partial charge in [0.15, 0.2) is 0 Å². The van der Waals surface area contributed by atoms with E-state index in [0.29, 0.717) is 32.1 Å². The lowest BCUT2D eigenvalue weighted by atomic mass is 10.0. The lowest BCUT2D eigenvalue weighted by molar-refractivity contribution is -0.186. The van der Waals surface area contributed by atoms with Crippen molar-refractivity contribution in [2.75, 3.05) is 6.54 Å². The third-order valence-corrected chi connectivity index (χ3v) is 5.32. The highest BCUT2D eigenvalue weighted by Crippen LogP contribution is 2.34. The number of hydrogen-bond donors (Lipinski definition) is 0. The van der Waals surface area contributed by atoms with Crippen LogP contribution in [0.5, 0.6) is 0 Å². The molecule has 9 heteroatoms. The third kappa shape index (κ3) is 3.31. The maximum absolute atomic E-state index is 13.3. The molecule has 0 unspecified atom stereocenters. The molecule has 3 aromatic rings. The van der Waals surface area contributed by atoms with Gasteiger partial charge in [0.05, 0.1) is 23.7 Å². The summed E-state index contributed by atoms with van der Waals surface area (Å²) in [5.41, 5.74) is 1.97. The average Bonchev–Trinajstić information content (AvgIpc) is 3.04. The number of nitrogens with zero attached hydrogens (tertiary/aromatic N) is 3. The van der Waals surface area contributed by atoms with Crippen LogP contribution in [0, 0.1) is 11.3 Å². The Morgan fingerprint density at radius 2 is 1.90 bits per heavy atom. The summed E-state index contributed by atoms with van der Waals surface area (Å²) in [6, 6.07) is 12.9. The molecule has 0 atom stereocenters. The van der Waals surface area contributed by atoms with E-state index in [9.17, 15) is 22.8 Å². The molecule has 0 bridgehead atoms. The number of halogens is 4. The van der Waals surface area contributed by atoms with E-state index in [4.69, 9.17) is 16.9 Å². The van der Waals surface area contributed by atoms with Gasteiger partial charge >= 0.3 is 12.1 Å². The Bertz CT molecular complexity index is 1240. The largest absolute Gasteiger partial charge is 0.471 e. The summed E-state index contributed by atoms with van der Waals surface area (Å²) >= 11 is 6.10. The van der Waals surface area contributed by atoms with Gasteiger partial charge in [-0.3, -0.25) is 14.2 Å². The van der Waals surface area contributed by atoms with Gasteiger partial charge in [-0.05, 0) is 48.4 Å². The van der Waals surface area contributed by atoms with Crippen LogP contribution in [-0.4, -0.2) is 34.0 Å². The van der Waals surface area contributed by atoms with Crippen LogP contribution in [0.2, 0.25) is 5.02 Å². The summed E-state index contributed by atoms with van der Waals surface area (Å²) in [7, 11) is 0. The van der Waals surface area contributed by atoms with E-state index in [1.807, 2.05) is 6.07 Å². The minimum atomic E-state index is -5.00. The fourth-order valence-corrected chi connectivity index (χ4v) is 3.94. The van der Waals surface area contributed by atoms with Crippen molar-refractivity contribution in [1.29, 1.82) is 5.26 Å². The predicted molar refractivity (Wildman–Crippen MR) is 103 cm³/mol.